The predicted octanol–water partition coefficient (Wildman–Crippen LogP) is 3.27. The molecule has 2 heterocycles. The zero-order valence-electron chi connectivity index (χ0n) is 11.9. The highest BCUT2D eigenvalue weighted by Crippen LogP contribution is 2.16. The highest BCUT2D eigenvalue weighted by Gasteiger charge is 2.19. The van der Waals surface area contributed by atoms with Crippen molar-refractivity contribution >= 4 is 11.3 Å². The summed E-state index contributed by atoms with van der Waals surface area (Å²) in [6.45, 7) is 11.7. The number of thiophene rings is 1. The van der Waals surface area contributed by atoms with Crippen LogP contribution >= 0.6 is 11.3 Å². The predicted molar refractivity (Wildman–Crippen MR) is 80.2 cm³/mol. The normalized spacial score (nSPS) is 18.7. The van der Waals surface area contributed by atoms with Crippen LogP contribution in [-0.4, -0.2) is 30.6 Å². The van der Waals surface area contributed by atoms with E-state index in [0.29, 0.717) is 6.04 Å². The van der Waals surface area contributed by atoms with E-state index in [1.165, 1.54) is 43.6 Å². The van der Waals surface area contributed by atoms with Gasteiger partial charge in [0.25, 0.3) is 0 Å². The average Bonchev–Trinajstić information content (AvgIpc) is 2.73. The number of rotatable bonds is 5. The largest absolute Gasteiger partial charge is 0.310 e. The highest BCUT2D eigenvalue weighted by molar-refractivity contribution is 7.08. The topological polar surface area (TPSA) is 15.3 Å². The number of aryl methyl sites for hydroxylation is 1. The molecule has 0 spiro atoms. The Labute approximate surface area is 115 Å². The maximum atomic E-state index is 3.72. The van der Waals surface area contributed by atoms with Crippen molar-refractivity contribution in [1.29, 1.82) is 0 Å². The minimum absolute atomic E-state index is 0.715. The summed E-state index contributed by atoms with van der Waals surface area (Å²) in [5, 5.41) is 8.23. The summed E-state index contributed by atoms with van der Waals surface area (Å²) in [5.41, 5.74) is 2.91. The van der Waals surface area contributed by atoms with Gasteiger partial charge in [-0.05, 0) is 60.7 Å². The fourth-order valence-electron chi connectivity index (χ4n) is 2.66. The smallest absolute Gasteiger partial charge is 0.0218 e. The molecule has 1 saturated heterocycles. The van der Waals surface area contributed by atoms with Crippen LogP contribution in [0.2, 0.25) is 0 Å². The molecular weight excluding hydrogens is 240 g/mol. The lowest BCUT2D eigenvalue weighted by molar-refractivity contribution is 0.179. The van der Waals surface area contributed by atoms with E-state index in [9.17, 15) is 0 Å². The van der Waals surface area contributed by atoms with Crippen molar-refractivity contribution in [3.05, 3.63) is 21.9 Å². The monoisotopic (exact) mass is 266 g/mol. The Hall–Kier alpha value is -0.380. The van der Waals surface area contributed by atoms with E-state index in [1.54, 1.807) is 0 Å². The molecule has 0 bridgehead atoms. The summed E-state index contributed by atoms with van der Waals surface area (Å²) in [4.78, 5) is 2.61. The Morgan fingerprint density at radius 1 is 1.33 bits per heavy atom. The maximum Gasteiger partial charge on any atom is 0.0218 e. The zero-order valence-corrected chi connectivity index (χ0v) is 12.7. The molecule has 102 valence electrons. The van der Waals surface area contributed by atoms with Crippen molar-refractivity contribution in [2.75, 3.05) is 19.6 Å². The van der Waals surface area contributed by atoms with E-state index < -0.39 is 0 Å². The lowest BCUT2D eigenvalue weighted by Crippen LogP contribution is -2.43. The molecule has 0 unspecified atom stereocenters. The first-order valence-electron chi connectivity index (χ1n) is 7.12. The van der Waals surface area contributed by atoms with Crippen LogP contribution in [0.15, 0.2) is 10.8 Å². The van der Waals surface area contributed by atoms with E-state index in [-0.39, 0.29) is 0 Å². The molecule has 1 aromatic heterocycles. The van der Waals surface area contributed by atoms with Crippen molar-refractivity contribution in [3.63, 3.8) is 0 Å². The first-order valence-corrected chi connectivity index (χ1v) is 8.07. The van der Waals surface area contributed by atoms with Gasteiger partial charge in [-0.1, -0.05) is 13.8 Å². The molecule has 0 aromatic carbocycles. The molecule has 0 aliphatic carbocycles. The third-order valence-electron chi connectivity index (χ3n) is 3.75. The summed E-state index contributed by atoms with van der Waals surface area (Å²) in [6, 6.07) is 0.715. The van der Waals surface area contributed by atoms with E-state index in [2.05, 4.69) is 41.7 Å². The van der Waals surface area contributed by atoms with Crippen LogP contribution < -0.4 is 5.32 Å². The van der Waals surface area contributed by atoms with Gasteiger partial charge in [0.1, 0.15) is 0 Å². The molecule has 3 heteroatoms. The van der Waals surface area contributed by atoms with Gasteiger partial charge in [-0.25, -0.2) is 0 Å². The summed E-state index contributed by atoms with van der Waals surface area (Å²) >= 11 is 1.81. The molecule has 2 nitrogen and oxygen atoms in total. The number of piperidine rings is 1. The Bertz CT molecular complexity index is 351. The molecule has 1 N–H and O–H groups in total. The molecule has 0 radical (unpaired) electrons. The lowest BCUT2D eigenvalue weighted by atomic mass is 10.0. The number of hydrogen-bond acceptors (Lipinski definition) is 3. The Kier molecular flexibility index (Phi) is 5.22. The van der Waals surface area contributed by atoms with Crippen LogP contribution in [0.4, 0.5) is 0 Å². The Morgan fingerprint density at radius 3 is 2.61 bits per heavy atom. The van der Waals surface area contributed by atoms with Gasteiger partial charge in [0, 0.05) is 19.1 Å². The average molecular weight is 266 g/mol. The third-order valence-corrected chi connectivity index (χ3v) is 4.66. The van der Waals surface area contributed by atoms with Crippen LogP contribution in [-0.2, 0) is 6.54 Å². The van der Waals surface area contributed by atoms with E-state index >= 15 is 0 Å². The SMILES string of the molecule is Cc1cscc1CNC1CCN(CC(C)C)CC1. The van der Waals surface area contributed by atoms with Crippen molar-refractivity contribution in [3.8, 4) is 0 Å². The van der Waals surface area contributed by atoms with E-state index in [1.807, 2.05) is 11.3 Å². The van der Waals surface area contributed by atoms with Gasteiger partial charge < -0.3 is 10.2 Å². The van der Waals surface area contributed by atoms with Gasteiger partial charge >= 0.3 is 0 Å². The molecule has 0 amide bonds. The second kappa shape index (κ2) is 6.69. The van der Waals surface area contributed by atoms with Crippen molar-refractivity contribution in [2.24, 2.45) is 5.92 Å². The van der Waals surface area contributed by atoms with Gasteiger partial charge in [0.05, 0.1) is 0 Å². The molecule has 18 heavy (non-hydrogen) atoms. The summed E-state index contributed by atoms with van der Waals surface area (Å²) in [5.74, 6) is 0.794. The fraction of sp³-hybridized carbons (Fsp3) is 0.733. The minimum atomic E-state index is 0.715. The van der Waals surface area contributed by atoms with Crippen molar-refractivity contribution < 1.29 is 0 Å². The van der Waals surface area contributed by atoms with Crippen LogP contribution in [0.25, 0.3) is 0 Å². The number of nitrogens with one attached hydrogen (secondary N) is 1. The van der Waals surface area contributed by atoms with Crippen LogP contribution in [0.1, 0.15) is 37.8 Å². The van der Waals surface area contributed by atoms with E-state index in [0.717, 1.165) is 12.5 Å². The fourth-order valence-corrected chi connectivity index (χ4v) is 3.52. The Balaban J connectivity index is 1.69. The number of likely N-dealkylation sites (tertiary alicyclic amines) is 1. The van der Waals surface area contributed by atoms with Gasteiger partial charge in [0.2, 0.25) is 0 Å². The first-order chi connectivity index (χ1) is 8.65. The van der Waals surface area contributed by atoms with Crippen LogP contribution in [0.5, 0.6) is 0 Å². The van der Waals surface area contributed by atoms with Gasteiger partial charge in [-0.3, -0.25) is 0 Å². The van der Waals surface area contributed by atoms with Crippen LogP contribution in [0, 0.1) is 12.8 Å². The molecule has 1 aliphatic heterocycles. The molecule has 1 aliphatic rings. The summed E-state index contributed by atoms with van der Waals surface area (Å²) in [7, 11) is 0. The molecule has 1 fully saturated rings. The minimum Gasteiger partial charge on any atom is -0.310 e. The first kappa shape index (κ1) is 14.0. The lowest BCUT2D eigenvalue weighted by Gasteiger charge is -2.33. The molecule has 2 rings (SSSR count). The number of hydrogen-bond donors (Lipinski definition) is 1. The van der Waals surface area contributed by atoms with Crippen molar-refractivity contribution in [1.82, 2.24) is 10.2 Å². The zero-order chi connectivity index (χ0) is 13.0. The van der Waals surface area contributed by atoms with Crippen molar-refractivity contribution in [2.45, 2.75) is 46.2 Å². The second-order valence-corrected chi connectivity index (χ2v) is 6.67. The Morgan fingerprint density at radius 2 is 2.06 bits per heavy atom. The second-order valence-electron chi connectivity index (χ2n) is 5.93. The molecule has 0 atom stereocenters. The maximum absolute atomic E-state index is 3.72. The standard InChI is InChI=1S/C15H26N2S/c1-12(2)9-17-6-4-15(5-7-17)16-8-14-11-18-10-13(14)3/h10-12,15-16H,4-9H2,1-3H3. The van der Waals surface area contributed by atoms with Gasteiger partial charge in [-0.2, -0.15) is 11.3 Å². The summed E-state index contributed by atoms with van der Waals surface area (Å²) < 4.78 is 0. The quantitative estimate of drug-likeness (QED) is 0.880. The number of nitrogens with zero attached hydrogens (tertiary/aromatic N) is 1. The third kappa shape index (κ3) is 4.08. The van der Waals surface area contributed by atoms with E-state index in [4.69, 9.17) is 0 Å². The van der Waals surface area contributed by atoms with Gasteiger partial charge in [0.15, 0.2) is 0 Å². The molecule has 0 saturated carbocycles. The van der Waals surface area contributed by atoms with Crippen LogP contribution in [0.3, 0.4) is 0 Å². The molecular formula is C15H26N2S. The van der Waals surface area contributed by atoms with Gasteiger partial charge in [-0.15, -0.1) is 0 Å². The highest BCUT2D eigenvalue weighted by atomic mass is 32.1. The molecule has 1 aromatic rings. The summed E-state index contributed by atoms with van der Waals surface area (Å²) in [6.07, 6.45) is 2.60.